The molecule has 0 radical (unpaired) electrons. The average Bonchev–Trinajstić information content (AvgIpc) is 2.62. The monoisotopic (exact) mass is 199 g/mol. The summed E-state index contributed by atoms with van der Waals surface area (Å²) in [6, 6.07) is 5.82. The van der Waals surface area contributed by atoms with Crippen LogP contribution in [0.1, 0.15) is 12.8 Å². The van der Waals surface area contributed by atoms with Gasteiger partial charge in [0.25, 0.3) is 0 Å². The Kier molecular flexibility index (Phi) is 1.95. The molecular formula is C12H13N3. The van der Waals surface area contributed by atoms with Gasteiger partial charge in [-0.3, -0.25) is 5.43 Å². The Morgan fingerprint density at radius 3 is 3.07 bits per heavy atom. The van der Waals surface area contributed by atoms with Gasteiger partial charge in [-0.15, -0.1) is 0 Å². The largest absolute Gasteiger partial charge is 0.303 e. The minimum absolute atomic E-state index is 0.776. The van der Waals surface area contributed by atoms with Gasteiger partial charge in [0.05, 0.1) is 0 Å². The van der Waals surface area contributed by atoms with E-state index in [1.54, 1.807) is 6.20 Å². The number of pyridine rings is 1. The molecule has 0 saturated carbocycles. The molecule has 2 N–H and O–H groups in total. The maximum Gasteiger partial charge on any atom is 0.144 e. The summed E-state index contributed by atoms with van der Waals surface area (Å²) in [6.45, 7) is 0. The lowest BCUT2D eigenvalue weighted by Gasteiger charge is -2.29. The topological polar surface area (TPSA) is 37.0 Å². The molecule has 0 amide bonds. The molecule has 3 nitrogen and oxygen atoms in total. The van der Waals surface area contributed by atoms with Crippen molar-refractivity contribution >= 4 is 5.82 Å². The van der Waals surface area contributed by atoms with Gasteiger partial charge in [-0.1, -0.05) is 18.2 Å². The number of aromatic nitrogens is 1. The van der Waals surface area contributed by atoms with Gasteiger partial charge in [-0.2, -0.15) is 0 Å². The van der Waals surface area contributed by atoms with E-state index in [2.05, 4.69) is 28.0 Å². The third kappa shape index (κ3) is 1.50. The van der Waals surface area contributed by atoms with Crippen molar-refractivity contribution in [1.29, 1.82) is 0 Å². The van der Waals surface area contributed by atoms with Crippen LogP contribution in [0.15, 0.2) is 47.8 Å². The van der Waals surface area contributed by atoms with Crippen LogP contribution in [0.5, 0.6) is 0 Å². The van der Waals surface area contributed by atoms with E-state index in [4.69, 9.17) is 0 Å². The molecular weight excluding hydrogens is 186 g/mol. The standard InChI is InChI=1S/C12H13N3/c1-2-7-13-12(6-1)15-14-11-8-9-4-3-5-10(9)11/h1-3,5-7,9,14H,4,8H2,(H,13,15)/t9-/m1/s1. The van der Waals surface area contributed by atoms with E-state index in [1.165, 1.54) is 17.7 Å². The zero-order valence-electron chi connectivity index (χ0n) is 8.40. The number of hydrogen-bond donors (Lipinski definition) is 2. The fourth-order valence-corrected chi connectivity index (χ4v) is 2.10. The molecule has 2 aliphatic rings. The van der Waals surface area contributed by atoms with Crippen molar-refractivity contribution in [2.24, 2.45) is 5.92 Å². The number of nitrogens with zero attached hydrogens (tertiary/aromatic N) is 1. The minimum atomic E-state index is 0.776. The van der Waals surface area contributed by atoms with Crippen molar-refractivity contribution in [1.82, 2.24) is 10.4 Å². The molecule has 2 aliphatic carbocycles. The van der Waals surface area contributed by atoms with Gasteiger partial charge in [0.2, 0.25) is 0 Å². The smallest absolute Gasteiger partial charge is 0.144 e. The van der Waals surface area contributed by atoms with Crippen molar-refractivity contribution in [2.75, 3.05) is 5.43 Å². The molecule has 1 aromatic heterocycles. The van der Waals surface area contributed by atoms with Crippen LogP contribution < -0.4 is 10.9 Å². The lowest BCUT2D eigenvalue weighted by Crippen LogP contribution is -2.30. The van der Waals surface area contributed by atoms with Crippen LogP contribution in [0.2, 0.25) is 0 Å². The Balaban J connectivity index is 1.64. The van der Waals surface area contributed by atoms with Crippen molar-refractivity contribution in [3.05, 3.63) is 47.8 Å². The van der Waals surface area contributed by atoms with Crippen LogP contribution in [0.4, 0.5) is 5.82 Å². The van der Waals surface area contributed by atoms with Crippen LogP contribution in [0.25, 0.3) is 0 Å². The molecule has 0 aliphatic heterocycles. The van der Waals surface area contributed by atoms with E-state index >= 15 is 0 Å². The number of rotatable bonds is 3. The van der Waals surface area contributed by atoms with Crippen molar-refractivity contribution in [3.8, 4) is 0 Å². The summed E-state index contributed by atoms with van der Waals surface area (Å²) in [7, 11) is 0. The zero-order valence-corrected chi connectivity index (χ0v) is 8.40. The first-order chi connectivity index (χ1) is 7.43. The van der Waals surface area contributed by atoms with E-state index < -0.39 is 0 Å². The van der Waals surface area contributed by atoms with E-state index in [0.717, 1.165) is 18.2 Å². The summed E-state index contributed by atoms with van der Waals surface area (Å²) in [5.74, 6) is 1.63. The van der Waals surface area contributed by atoms with Crippen LogP contribution >= 0.6 is 0 Å². The third-order valence-electron chi connectivity index (χ3n) is 2.96. The molecule has 76 valence electrons. The molecule has 15 heavy (non-hydrogen) atoms. The van der Waals surface area contributed by atoms with Gasteiger partial charge in [-0.05, 0) is 36.5 Å². The van der Waals surface area contributed by atoms with Gasteiger partial charge in [0.15, 0.2) is 0 Å². The Morgan fingerprint density at radius 1 is 1.27 bits per heavy atom. The summed E-state index contributed by atoms with van der Waals surface area (Å²) in [4.78, 5) is 4.18. The normalized spacial score (nSPS) is 22.3. The van der Waals surface area contributed by atoms with Crippen molar-refractivity contribution in [2.45, 2.75) is 12.8 Å². The Bertz CT molecular complexity index is 420. The van der Waals surface area contributed by atoms with Crippen LogP contribution in [0, 0.1) is 5.92 Å². The van der Waals surface area contributed by atoms with Gasteiger partial charge in [0, 0.05) is 11.9 Å². The lowest BCUT2D eigenvalue weighted by molar-refractivity contribution is 0.542. The molecule has 0 saturated heterocycles. The second-order valence-electron chi connectivity index (χ2n) is 3.94. The Hall–Kier alpha value is -1.77. The highest BCUT2D eigenvalue weighted by Crippen LogP contribution is 2.40. The maximum absolute atomic E-state index is 4.18. The summed E-state index contributed by atoms with van der Waals surface area (Å²) < 4.78 is 0. The van der Waals surface area contributed by atoms with Crippen LogP contribution in [-0.2, 0) is 0 Å². The highest BCUT2D eigenvalue weighted by Gasteiger charge is 2.29. The summed E-state index contributed by atoms with van der Waals surface area (Å²) >= 11 is 0. The molecule has 0 spiro atoms. The number of hydrogen-bond acceptors (Lipinski definition) is 3. The quantitative estimate of drug-likeness (QED) is 0.733. The van der Waals surface area contributed by atoms with Gasteiger partial charge in [0.1, 0.15) is 5.82 Å². The fourth-order valence-electron chi connectivity index (χ4n) is 2.10. The SMILES string of the molecule is C1=CC2=C(NNc3ccccn3)C[C@H]2C1. The molecule has 0 fully saturated rings. The molecule has 0 aromatic carbocycles. The Morgan fingerprint density at radius 2 is 2.27 bits per heavy atom. The van der Waals surface area contributed by atoms with Gasteiger partial charge >= 0.3 is 0 Å². The van der Waals surface area contributed by atoms with E-state index in [9.17, 15) is 0 Å². The minimum Gasteiger partial charge on any atom is -0.303 e. The molecule has 1 atom stereocenters. The molecule has 0 unspecified atom stereocenters. The summed E-state index contributed by atoms with van der Waals surface area (Å²) in [5.41, 5.74) is 9.09. The van der Waals surface area contributed by atoms with Crippen LogP contribution in [0.3, 0.4) is 0 Å². The Labute approximate surface area is 88.9 Å². The predicted octanol–water partition coefficient (Wildman–Crippen LogP) is 2.23. The van der Waals surface area contributed by atoms with Gasteiger partial charge in [-0.25, -0.2) is 4.98 Å². The molecule has 3 heteroatoms. The number of anilines is 1. The second kappa shape index (κ2) is 3.42. The number of nitrogens with one attached hydrogen (secondary N) is 2. The average molecular weight is 199 g/mol. The van der Waals surface area contributed by atoms with Crippen molar-refractivity contribution < 1.29 is 0 Å². The van der Waals surface area contributed by atoms with E-state index in [-0.39, 0.29) is 0 Å². The van der Waals surface area contributed by atoms with Crippen LogP contribution in [-0.4, -0.2) is 4.98 Å². The molecule has 1 heterocycles. The highest BCUT2D eigenvalue weighted by molar-refractivity contribution is 5.43. The van der Waals surface area contributed by atoms with E-state index in [1.807, 2.05) is 18.2 Å². The predicted molar refractivity (Wildman–Crippen MR) is 59.9 cm³/mol. The summed E-state index contributed by atoms with van der Waals surface area (Å²) in [6.07, 6.45) is 8.61. The maximum atomic E-state index is 4.18. The number of fused-ring (bicyclic) bond motifs is 1. The second-order valence-corrected chi connectivity index (χ2v) is 3.94. The van der Waals surface area contributed by atoms with E-state index in [0.29, 0.717) is 0 Å². The molecule has 1 aromatic rings. The number of hydrazine groups is 1. The van der Waals surface area contributed by atoms with Gasteiger partial charge < -0.3 is 5.43 Å². The zero-order chi connectivity index (χ0) is 10.1. The number of allylic oxidation sites excluding steroid dienone is 4. The first kappa shape index (κ1) is 8.53. The first-order valence-electron chi connectivity index (χ1n) is 5.26. The lowest BCUT2D eigenvalue weighted by atomic mass is 9.84. The fraction of sp³-hybridized carbons (Fsp3) is 0.250. The third-order valence-corrected chi connectivity index (χ3v) is 2.96. The highest BCUT2D eigenvalue weighted by atomic mass is 15.4. The molecule has 0 bridgehead atoms. The van der Waals surface area contributed by atoms with Crippen molar-refractivity contribution in [3.63, 3.8) is 0 Å². The molecule has 3 rings (SSSR count). The first-order valence-corrected chi connectivity index (χ1v) is 5.26. The summed E-state index contributed by atoms with van der Waals surface area (Å²) in [5, 5.41) is 0.